The minimum Gasteiger partial charge on any atom is -0.310 e. The zero-order valence-electron chi connectivity index (χ0n) is 37.6. The molecular weight excluding hydrogens is 747 g/mol. The number of para-hydroxylation sites is 1. The van der Waals surface area contributed by atoms with Crippen molar-refractivity contribution in [2.24, 2.45) is 0 Å². The van der Waals surface area contributed by atoms with E-state index in [0.29, 0.717) is 0 Å². The lowest BCUT2D eigenvalue weighted by Gasteiger charge is -2.34. The number of benzene rings is 7. The number of anilines is 3. The number of rotatable bonds is 5. The van der Waals surface area contributed by atoms with Gasteiger partial charge in [0.25, 0.3) is 0 Å². The molecule has 0 heterocycles. The maximum atomic E-state index is 5.74. The van der Waals surface area contributed by atoms with E-state index in [1.807, 2.05) is 6.08 Å². The number of nitrogens with zero attached hydrogens (tertiary/aromatic N) is 1. The molecule has 304 valence electrons. The molecule has 3 aliphatic rings. The Hall–Kier alpha value is -6.62. The highest BCUT2D eigenvalue weighted by molar-refractivity contribution is 5.98. The topological polar surface area (TPSA) is 3.24 Å². The van der Waals surface area contributed by atoms with Crippen LogP contribution in [0.3, 0.4) is 0 Å². The molecule has 0 saturated heterocycles. The Labute approximate surface area is 369 Å². The predicted octanol–water partition coefficient (Wildman–Crippen LogP) is 16.0. The molecule has 0 aromatic heterocycles. The lowest BCUT2D eigenvalue weighted by atomic mass is 9.68. The molecule has 0 N–H and O–H groups in total. The first-order valence-electron chi connectivity index (χ1n) is 22.1. The molecule has 1 nitrogen and oxygen atoms in total. The van der Waals surface area contributed by atoms with Gasteiger partial charge in [-0.25, -0.2) is 0 Å². The summed E-state index contributed by atoms with van der Waals surface area (Å²) in [5, 5.41) is 0. The maximum Gasteiger partial charge on any atom is 0.0726 e. The zero-order valence-corrected chi connectivity index (χ0v) is 37.6. The van der Waals surface area contributed by atoms with Gasteiger partial charge in [-0.3, -0.25) is 0 Å². The Morgan fingerprint density at radius 2 is 0.984 bits per heavy atom. The highest BCUT2D eigenvalue weighted by Crippen LogP contribution is 2.64. The third kappa shape index (κ3) is 5.77. The molecule has 1 spiro atoms. The molecule has 1 heteroatoms. The summed E-state index contributed by atoms with van der Waals surface area (Å²) in [4.78, 5) is 2.51. The van der Waals surface area contributed by atoms with Crippen LogP contribution in [0.4, 0.5) is 17.1 Å². The average molecular weight is 802 g/mol. The zero-order chi connectivity index (χ0) is 43.3. The summed E-state index contributed by atoms with van der Waals surface area (Å²) in [6.45, 7) is 20.9. The van der Waals surface area contributed by atoms with Crippen molar-refractivity contribution in [3.8, 4) is 45.7 Å². The van der Waals surface area contributed by atoms with Crippen LogP contribution < -0.4 is 4.90 Å². The fourth-order valence-electron chi connectivity index (χ4n) is 10.7. The summed E-state index contributed by atoms with van der Waals surface area (Å²) in [5.41, 5.74) is 23.5. The van der Waals surface area contributed by atoms with Crippen molar-refractivity contribution in [3.63, 3.8) is 0 Å². The Kier molecular flexibility index (Phi) is 8.89. The third-order valence-electron chi connectivity index (χ3n) is 14.3. The van der Waals surface area contributed by atoms with Gasteiger partial charge in [0.05, 0.1) is 11.1 Å². The first kappa shape index (κ1) is 39.5. The quantitative estimate of drug-likeness (QED) is 0.157. The Balaban J connectivity index is 1.28. The van der Waals surface area contributed by atoms with Crippen molar-refractivity contribution in [1.82, 2.24) is 0 Å². The predicted molar refractivity (Wildman–Crippen MR) is 264 cm³/mol. The molecule has 62 heavy (non-hydrogen) atoms. The molecule has 0 amide bonds. The number of fused-ring (bicyclic) bond motifs is 11. The van der Waals surface area contributed by atoms with Crippen molar-refractivity contribution in [2.75, 3.05) is 4.90 Å². The van der Waals surface area contributed by atoms with E-state index in [0.717, 1.165) is 17.1 Å². The van der Waals surface area contributed by atoms with Gasteiger partial charge in [0.15, 0.2) is 0 Å². The van der Waals surface area contributed by atoms with E-state index in [9.17, 15) is 0 Å². The van der Waals surface area contributed by atoms with Crippen molar-refractivity contribution < 1.29 is 0 Å². The summed E-state index contributed by atoms with van der Waals surface area (Å²) in [6, 6.07) is 57.8. The second-order valence-corrected chi connectivity index (χ2v) is 20.2. The monoisotopic (exact) mass is 801 g/mol. The summed E-state index contributed by atoms with van der Waals surface area (Å²) < 4.78 is 0. The smallest absolute Gasteiger partial charge is 0.0726 e. The SMILES string of the molecule is C#C/C=C\C1=C(C)C(C)(C)c2cc(N(c3ccc4c(c3)C3(c5ccccc5-4)c4cc(C(C)(C)C)ccc4-c4ccc(C(C)(C)C)cc43)c3ccccc3-c3ccccc3)ccc21. The van der Waals surface area contributed by atoms with Gasteiger partial charge < -0.3 is 4.90 Å². The third-order valence-corrected chi connectivity index (χ3v) is 14.3. The Bertz CT molecular complexity index is 3010. The van der Waals surface area contributed by atoms with Crippen molar-refractivity contribution in [1.29, 1.82) is 0 Å². The van der Waals surface area contributed by atoms with Gasteiger partial charge in [-0.1, -0.05) is 188 Å². The van der Waals surface area contributed by atoms with Crippen LogP contribution in [-0.2, 0) is 21.7 Å². The molecular formula is C61H55N. The Morgan fingerprint density at radius 3 is 1.58 bits per heavy atom. The molecule has 0 aliphatic heterocycles. The van der Waals surface area contributed by atoms with E-state index in [1.165, 1.54) is 89.0 Å². The molecule has 7 aromatic carbocycles. The molecule has 10 rings (SSSR count). The second kappa shape index (κ2) is 14.0. The number of terminal acetylenes is 1. The van der Waals surface area contributed by atoms with Gasteiger partial charge >= 0.3 is 0 Å². The van der Waals surface area contributed by atoms with Crippen LogP contribution in [0.5, 0.6) is 0 Å². The first-order chi connectivity index (χ1) is 29.7. The lowest BCUT2D eigenvalue weighted by Crippen LogP contribution is -2.27. The number of allylic oxidation sites excluding steroid dienone is 4. The normalized spacial score (nSPS) is 15.3. The van der Waals surface area contributed by atoms with Gasteiger partial charge in [0.1, 0.15) is 0 Å². The van der Waals surface area contributed by atoms with E-state index in [1.54, 1.807) is 0 Å². The summed E-state index contributed by atoms with van der Waals surface area (Å²) in [7, 11) is 0. The van der Waals surface area contributed by atoms with Gasteiger partial charge in [-0.05, 0) is 138 Å². The molecule has 0 unspecified atom stereocenters. The van der Waals surface area contributed by atoms with Crippen LogP contribution >= 0.6 is 0 Å². The molecule has 0 radical (unpaired) electrons. The minimum absolute atomic E-state index is 0.0205. The highest BCUT2D eigenvalue weighted by Gasteiger charge is 2.52. The molecule has 0 bridgehead atoms. The van der Waals surface area contributed by atoms with Crippen molar-refractivity contribution in [3.05, 3.63) is 214 Å². The van der Waals surface area contributed by atoms with E-state index in [2.05, 4.69) is 231 Å². The van der Waals surface area contributed by atoms with Crippen LogP contribution in [0, 0.1) is 12.3 Å². The molecule has 0 atom stereocenters. The van der Waals surface area contributed by atoms with Crippen LogP contribution in [0.25, 0.3) is 39.0 Å². The molecule has 7 aromatic rings. The standard InChI is InChI=1S/C61H55N/c1-11-12-22-45-39(2)60(9,10)53-37-43(29-33-48(45)53)62(57-26-19-17-23-46(57)40-20-14-13-15-21-40)44-30-34-51-47-24-16-18-25-52(47)61(56(51)38-44)54-35-41(58(3,4)5)27-31-49(54)50-32-28-42(36-55(50)61)59(6,7)8/h1,12-38H,2-10H3/b22-12-. The largest absolute Gasteiger partial charge is 0.310 e. The molecule has 3 aliphatic carbocycles. The fourth-order valence-corrected chi connectivity index (χ4v) is 10.7. The van der Waals surface area contributed by atoms with Gasteiger partial charge in [-0.15, -0.1) is 6.42 Å². The highest BCUT2D eigenvalue weighted by atomic mass is 15.1. The summed E-state index contributed by atoms with van der Waals surface area (Å²) in [6.07, 6.45) is 9.68. The number of hydrogen-bond acceptors (Lipinski definition) is 1. The maximum absolute atomic E-state index is 5.74. The summed E-state index contributed by atoms with van der Waals surface area (Å²) in [5.74, 6) is 2.73. The van der Waals surface area contributed by atoms with Crippen LogP contribution in [0.1, 0.15) is 107 Å². The van der Waals surface area contributed by atoms with Crippen molar-refractivity contribution >= 4 is 22.6 Å². The van der Waals surface area contributed by atoms with Crippen LogP contribution in [-0.4, -0.2) is 0 Å². The van der Waals surface area contributed by atoms with E-state index in [-0.39, 0.29) is 16.2 Å². The first-order valence-corrected chi connectivity index (χ1v) is 22.1. The fraction of sp³-hybridized carbons (Fsp3) is 0.213. The van der Waals surface area contributed by atoms with Gasteiger partial charge in [-0.2, -0.15) is 0 Å². The average Bonchev–Trinajstić information content (AvgIpc) is 3.80. The lowest BCUT2D eigenvalue weighted by molar-refractivity contribution is 0.586. The van der Waals surface area contributed by atoms with E-state index >= 15 is 0 Å². The Morgan fingerprint density at radius 1 is 0.500 bits per heavy atom. The van der Waals surface area contributed by atoms with E-state index in [4.69, 9.17) is 6.42 Å². The minimum atomic E-state index is -0.515. The van der Waals surface area contributed by atoms with Crippen molar-refractivity contribution in [2.45, 2.75) is 84.0 Å². The van der Waals surface area contributed by atoms with Gasteiger partial charge in [0.2, 0.25) is 0 Å². The number of hydrogen-bond donors (Lipinski definition) is 0. The molecule has 0 fully saturated rings. The van der Waals surface area contributed by atoms with Gasteiger partial charge in [0, 0.05) is 22.4 Å². The van der Waals surface area contributed by atoms with E-state index < -0.39 is 5.41 Å². The van der Waals surface area contributed by atoms with Crippen LogP contribution in [0.15, 0.2) is 169 Å². The molecule has 0 saturated carbocycles. The second-order valence-electron chi connectivity index (χ2n) is 20.2. The van der Waals surface area contributed by atoms with Crippen LogP contribution in [0.2, 0.25) is 0 Å². The summed E-state index contributed by atoms with van der Waals surface area (Å²) >= 11 is 0.